The summed E-state index contributed by atoms with van der Waals surface area (Å²) in [6.45, 7) is 4.58. The van der Waals surface area contributed by atoms with E-state index in [0.29, 0.717) is 17.6 Å². The fourth-order valence-electron chi connectivity index (χ4n) is 2.20. The van der Waals surface area contributed by atoms with Crippen LogP contribution in [0.1, 0.15) is 19.5 Å². The van der Waals surface area contributed by atoms with Gasteiger partial charge in [0.1, 0.15) is 5.82 Å². The number of benzene rings is 1. The molecule has 2 aromatic rings. The van der Waals surface area contributed by atoms with Gasteiger partial charge >= 0.3 is 0 Å². The summed E-state index contributed by atoms with van der Waals surface area (Å²) < 4.78 is 11.7. The van der Waals surface area contributed by atoms with Gasteiger partial charge in [-0.05, 0) is 53.1 Å². The normalized spacial score (nSPS) is 13.0. The molecule has 0 bridgehead atoms. The Morgan fingerprint density at radius 3 is 2.76 bits per heavy atom. The van der Waals surface area contributed by atoms with E-state index in [1.54, 1.807) is 0 Å². The molecule has 0 spiro atoms. The summed E-state index contributed by atoms with van der Waals surface area (Å²) in [6.07, 6.45) is 0.878. The van der Waals surface area contributed by atoms with Crippen LogP contribution in [0, 0.1) is 9.49 Å². The SMILES string of the molecule is CC(C)Cc1nc(-c2ccc3c(c2)OCO3)nc(N)c1I. The van der Waals surface area contributed by atoms with E-state index in [-0.39, 0.29) is 6.79 Å². The Hall–Kier alpha value is -1.57. The first-order valence-electron chi connectivity index (χ1n) is 6.76. The van der Waals surface area contributed by atoms with Crippen LogP contribution in [0.3, 0.4) is 0 Å². The summed E-state index contributed by atoms with van der Waals surface area (Å²) in [7, 11) is 0. The number of nitrogens with zero attached hydrogens (tertiary/aromatic N) is 2. The number of anilines is 1. The molecule has 1 aliphatic rings. The third-order valence-electron chi connectivity index (χ3n) is 3.18. The van der Waals surface area contributed by atoms with E-state index in [2.05, 4.69) is 46.4 Å². The number of halogens is 1. The Kier molecular flexibility index (Phi) is 3.88. The van der Waals surface area contributed by atoms with Crippen LogP contribution < -0.4 is 15.2 Å². The van der Waals surface area contributed by atoms with E-state index < -0.39 is 0 Å². The van der Waals surface area contributed by atoms with E-state index in [1.807, 2.05) is 18.2 Å². The molecule has 0 saturated carbocycles. The minimum absolute atomic E-state index is 0.257. The van der Waals surface area contributed by atoms with Crippen molar-refractivity contribution < 1.29 is 9.47 Å². The molecular formula is C15H16IN3O2. The maximum absolute atomic E-state index is 6.03. The van der Waals surface area contributed by atoms with Gasteiger partial charge in [0.2, 0.25) is 6.79 Å². The third-order valence-corrected chi connectivity index (χ3v) is 4.35. The maximum atomic E-state index is 6.03. The van der Waals surface area contributed by atoms with Gasteiger partial charge in [-0.1, -0.05) is 13.8 Å². The van der Waals surface area contributed by atoms with Crippen molar-refractivity contribution in [1.82, 2.24) is 9.97 Å². The minimum atomic E-state index is 0.257. The van der Waals surface area contributed by atoms with Crippen LogP contribution >= 0.6 is 22.6 Å². The van der Waals surface area contributed by atoms with Crippen LogP contribution in [-0.4, -0.2) is 16.8 Å². The Morgan fingerprint density at radius 1 is 1.24 bits per heavy atom. The molecular weight excluding hydrogens is 381 g/mol. The van der Waals surface area contributed by atoms with Gasteiger partial charge in [-0.15, -0.1) is 0 Å². The van der Waals surface area contributed by atoms with Crippen molar-refractivity contribution in [1.29, 1.82) is 0 Å². The van der Waals surface area contributed by atoms with Gasteiger partial charge in [-0.2, -0.15) is 0 Å². The summed E-state index contributed by atoms with van der Waals surface area (Å²) in [4.78, 5) is 9.07. The quantitative estimate of drug-likeness (QED) is 0.806. The molecule has 6 heteroatoms. The largest absolute Gasteiger partial charge is 0.454 e. The third kappa shape index (κ3) is 2.90. The van der Waals surface area contributed by atoms with Gasteiger partial charge in [0, 0.05) is 5.56 Å². The van der Waals surface area contributed by atoms with Crippen LogP contribution in [0.2, 0.25) is 0 Å². The fourth-order valence-corrected chi connectivity index (χ4v) is 2.66. The number of nitrogens with two attached hydrogens (primary N) is 1. The predicted molar refractivity (Wildman–Crippen MR) is 89.3 cm³/mol. The summed E-state index contributed by atoms with van der Waals surface area (Å²) in [5.74, 6) is 3.13. The number of hydrogen-bond acceptors (Lipinski definition) is 5. The highest BCUT2D eigenvalue weighted by Gasteiger charge is 2.17. The van der Waals surface area contributed by atoms with Crippen molar-refractivity contribution in [3.8, 4) is 22.9 Å². The second kappa shape index (κ2) is 5.67. The number of aromatic nitrogens is 2. The molecule has 5 nitrogen and oxygen atoms in total. The number of ether oxygens (including phenoxy) is 2. The number of rotatable bonds is 3. The molecule has 0 amide bonds. The number of nitrogen functional groups attached to an aromatic ring is 1. The van der Waals surface area contributed by atoms with Gasteiger partial charge < -0.3 is 15.2 Å². The molecule has 1 aromatic heterocycles. The highest BCUT2D eigenvalue weighted by Crippen LogP contribution is 2.35. The summed E-state index contributed by atoms with van der Waals surface area (Å²) >= 11 is 2.21. The number of fused-ring (bicyclic) bond motifs is 1. The second-order valence-corrected chi connectivity index (χ2v) is 6.44. The fraction of sp³-hybridized carbons (Fsp3) is 0.333. The molecule has 110 valence electrons. The molecule has 21 heavy (non-hydrogen) atoms. The average molecular weight is 397 g/mol. The lowest BCUT2D eigenvalue weighted by Crippen LogP contribution is -2.07. The van der Waals surface area contributed by atoms with Gasteiger partial charge in [-0.25, -0.2) is 9.97 Å². The lowest BCUT2D eigenvalue weighted by molar-refractivity contribution is 0.174. The molecule has 0 radical (unpaired) electrons. The van der Waals surface area contributed by atoms with E-state index in [0.717, 1.165) is 32.7 Å². The van der Waals surface area contributed by atoms with Crippen LogP contribution in [-0.2, 0) is 6.42 Å². The maximum Gasteiger partial charge on any atom is 0.231 e. The lowest BCUT2D eigenvalue weighted by atomic mass is 10.1. The van der Waals surface area contributed by atoms with Crippen molar-refractivity contribution in [3.05, 3.63) is 27.5 Å². The van der Waals surface area contributed by atoms with Crippen molar-refractivity contribution in [2.45, 2.75) is 20.3 Å². The topological polar surface area (TPSA) is 70.3 Å². The molecule has 3 rings (SSSR count). The van der Waals surface area contributed by atoms with E-state index in [9.17, 15) is 0 Å². The first kappa shape index (κ1) is 14.4. The van der Waals surface area contributed by atoms with Crippen LogP contribution in [0.15, 0.2) is 18.2 Å². The Morgan fingerprint density at radius 2 is 2.00 bits per heavy atom. The van der Waals surface area contributed by atoms with Crippen LogP contribution in [0.5, 0.6) is 11.5 Å². The minimum Gasteiger partial charge on any atom is -0.454 e. The highest BCUT2D eigenvalue weighted by atomic mass is 127. The lowest BCUT2D eigenvalue weighted by Gasteiger charge is -2.11. The van der Waals surface area contributed by atoms with Gasteiger partial charge in [0.15, 0.2) is 17.3 Å². The molecule has 1 aromatic carbocycles. The molecule has 0 aliphatic carbocycles. The molecule has 0 fully saturated rings. The van der Waals surface area contributed by atoms with E-state index in [4.69, 9.17) is 15.2 Å². The second-order valence-electron chi connectivity index (χ2n) is 5.36. The monoisotopic (exact) mass is 397 g/mol. The smallest absolute Gasteiger partial charge is 0.231 e. The van der Waals surface area contributed by atoms with Crippen LogP contribution in [0.4, 0.5) is 5.82 Å². The zero-order chi connectivity index (χ0) is 15.0. The molecule has 0 atom stereocenters. The Balaban J connectivity index is 2.04. The van der Waals surface area contributed by atoms with Crippen molar-refractivity contribution >= 4 is 28.4 Å². The van der Waals surface area contributed by atoms with Crippen molar-refractivity contribution in [2.24, 2.45) is 5.92 Å². The Labute approximate surface area is 137 Å². The van der Waals surface area contributed by atoms with E-state index in [1.165, 1.54) is 0 Å². The summed E-state index contributed by atoms with van der Waals surface area (Å²) in [5.41, 5.74) is 7.91. The first-order chi connectivity index (χ1) is 10.0. The molecule has 0 saturated heterocycles. The van der Waals surface area contributed by atoms with Crippen LogP contribution in [0.25, 0.3) is 11.4 Å². The van der Waals surface area contributed by atoms with Crippen molar-refractivity contribution in [2.75, 3.05) is 12.5 Å². The molecule has 2 heterocycles. The van der Waals surface area contributed by atoms with Gasteiger partial charge in [0.25, 0.3) is 0 Å². The average Bonchev–Trinajstić information content (AvgIpc) is 2.90. The Bertz CT molecular complexity index is 689. The predicted octanol–water partition coefficient (Wildman–Crippen LogP) is 3.26. The van der Waals surface area contributed by atoms with Gasteiger partial charge in [0.05, 0.1) is 9.26 Å². The zero-order valence-electron chi connectivity index (χ0n) is 11.9. The molecule has 1 aliphatic heterocycles. The van der Waals surface area contributed by atoms with Crippen molar-refractivity contribution in [3.63, 3.8) is 0 Å². The zero-order valence-corrected chi connectivity index (χ0v) is 14.0. The number of hydrogen-bond donors (Lipinski definition) is 1. The molecule has 2 N–H and O–H groups in total. The molecule has 0 unspecified atom stereocenters. The standard InChI is InChI=1S/C15H16IN3O2/c1-8(2)5-10-13(16)14(17)19-15(18-10)9-3-4-11-12(6-9)21-7-20-11/h3-4,6,8H,5,7H2,1-2H3,(H2,17,18,19). The highest BCUT2D eigenvalue weighted by molar-refractivity contribution is 14.1. The van der Waals surface area contributed by atoms with E-state index >= 15 is 0 Å². The first-order valence-corrected chi connectivity index (χ1v) is 7.84. The summed E-state index contributed by atoms with van der Waals surface area (Å²) in [6, 6.07) is 5.69. The summed E-state index contributed by atoms with van der Waals surface area (Å²) in [5, 5.41) is 0. The van der Waals surface area contributed by atoms with Gasteiger partial charge in [-0.3, -0.25) is 0 Å².